The van der Waals surface area contributed by atoms with Gasteiger partial charge in [0, 0.05) is 29.6 Å². The fourth-order valence-electron chi connectivity index (χ4n) is 1.40. The summed E-state index contributed by atoms with van der Waals surface area (Å²) in [7, 11) is 0. The van der Waals surface area contributed by atoms with Gasteiger partial charge >= 0.3 is 0 Å². The number of rotatable bonds is 1. The SMILES string of the molecule is NCc1ccc2c(c1)NC/N=C\C=N/CS2. The van der Waals surface area contributed by atoms with Crippen LogP contribution in [-0.4, -0.2) is 25.0 Å². The van der Waals surface area contributed by atoms with Gasteiger partial charge in [0.2, 0.25) is 0 Å². The molecule has 16 heavy (non-hydrogen) atoms. The zero-order chi connectivity index (χ0) is 11.2. The average Bonchev–Trinajstić information content (AvgIpc) is 2.34. The van der Waals surface area contributed by atoms with Crippen molar-refractivity contribution in [2.45, 2.75) is 11.4 Å². The maximum atomic E-state index is 5.62. The molecule has 0 fully saturated rings. The molecule has 1 aliphatic rings. The Morgan fingerprint density at radius 3 is 3.06 bits per heavy atom. The minimum Gasteiger partial charge on any atom is -0.365 e. The second kappa shape index (κ2) is 5.67. The molecule has 3 N–H and O–H groups in total. The molecule has 1 heterocycles. The van der Waals surface area contributed by atoms with Gasteiger partial charge in [0.05, 0.1) is 5.88 Å². The fraction of sp³-hybridized carbons (Fsp3) is 0.273. The number of aliphatic imine (C=N–C) groups is 2. The van der Waals surface area contributed by atoms with Crippen molar-refractivity contribution in [3.05, 3.63) is 23.8 Å². The molecule has 0 saturated carbocycles. The molecular weight excluding hydrogens is 220 g/mol. The number of fused-ring (bicyclic) bond motifs is 1. The largest absolute Gasteiger partial charge is 0.365 e. The lowest BCUT2D eigenvalue weighted by molar-refractivity contribution is 1.06. The summed E-state index contributed by atoms with van der Waals surface area (Å²) in [4.78, 5) is 9.56. The van der Waals surface area contributed by atoms with E-state index in [9.17, 15) is 0 Å². The molecule has 0 aromatic heterocycles. The van der Waals surface area contributed by atoms with Gasteiger partial charge in [-0.15, -0.1) is 11.8 Å². The minimum atomic E-state index is 0.557. The Morgan fingerprint density at radius 2 is 2.19 bits per heavy atom. The Hall–Kier alpha value is -1.33. The molecular formula is C11H14N4S. The van der Waals surface area contributed by atoms with E-state index in [4.69, 9.17) is 5.73 Å². The number of nitrogens with one attached hydrogen (secondary N) is 1. The van der Waals surface area contributed by atoms with Gasteiger partial charge in [0.15, 0.2) is 0 Å². The number of anilines is 1. The monoisotopic (exact) mass is 234 g/mol. The van der Waals surface area contributed by atoms with Crippen molar-refractivity contribution in [3.8, 4) is 0 Å². The molecule has 0 aliphatic carbocycles. The second-order valence-corrected chi connectivity index (χ2v) is 4.29. The summed E-state index contributed by atoms with van der Waals surface area (Å²) >= 11 is 1.70. The van der Waals surface area contributed by atoms with Crippen molar-refractivity contribution in [2.24, 2.45) is 15.7 Å². The summed E-state index contributed by atoms with van der Waals surface area (Å²) in [5, 5.41) is 3.27. The van der Waals surface area contributed by atoms with Crippen molar-refractivity contribution < 1.29 is 0 Å². The lowest BCUT2D eigenvalue weighted by Gasteiger charge is -2.11. The van der Waals surface area contributed by atoms with Crippen molar-refractivity contribution in [1.82, 2.24) is 0 Å². The molecule has 0 spiro atoms. The van der Waals surface area contributed by atoms with E-state index in [-0.39, 0.29) is 0 Å². The molecule has 5 heteroatoms. The van der Waals surface area contributed by atoms with Crippen LogP contribution in [-0.2, 0) is 6.54 Å². The summed E-state index contributed by atoms with van der Waals surface area (Å²) in [6.45, 7) is 1.12. The average molecular weight is 234 g/mol. The van der Waals surface area contributed by atoms with Crippen LogP contribution >= 0.6 is 11.8 Å². The first-order chi connectivity index (χ1) is 7.90. The van der Waals surface area contributed by atoms with E-state index >= 15 is 0 Å². The second-order valence-electron chi connectivity index (χ2n) is 3.31. The molecule has 0 amide bonds. The van der Waals surface area contributed by atoms with Gasteiger partial charge in [-0.2, -0.15) is 0 Å². The smallest absolute Gasteiger partial charge is 0.107 e. The maximum Gasteiger partial charge on any atom is 0.107 e. The Labute approximate surface area is 99.1 Å². The van der Waals surface area contributed by atoms with Crippen LogP contribution in [0.3, 0.4) is 0 Å². The molecule has 1 aromatic carbocycles. The highest BCUT2D eigenvalue weighted by molar-refractivity contribution is 7.99. The van der Waals surface area contributed by atoms with E-state index in [1.807, 2.05) is 6.07 Å². The van der Waals surface area contributed by atoms with Gasteiger partial charge in [-0.1, -0.05) is 6.07 Å². The lowest BCUT2D eigenvalue weighted by Crippen LogP contribution is -2.04. The molecule has 0 atom stereocenters. The van der Waals surface area contributed by atoms with Gasteiger partial charge in [0.25, 0.3) is 0 Å². The van der Waals surface area contributed by atoms with Crippen LogP contribution in [0.1, 0.15) is 5.56 Å². The molecule has 0 saturated heterocycles. The maximum absolute atomic E-state index is 5.62. The zero-order valence-corrected chi connectivity index (χ0v) is 9.70. The van der Waals surface area contributed by atoms with Crippen LogP contribution in [0.2, 0.25) is 0 Å². The van der Waals surface area contributed by atoms with Crippen LogP contribution in [0.15, 0.2) is 33.1 Å². The molecule has 1 aliphatic heterocycles. The van der Waals surface area contributed by atoms with Crippen LogP contribution < -0.4 is 11.1 Å². The Bertz CT molecular complexity index is 414. The van der Waals surface area contributed by atoms with Crippen LogP contribution in [0.4, 0.5) is 5.69 Å². The van der Waals surface area contributed by atoms with E-state index in [2.05, 4.69) is 27.4 Å². The highest BCUT2D eigenvalue weighted by Crippen LogP contribution is 2.28. The van der Waals surface area contributed by atoms with Crippen molar-refractivity contribution >= 4 is 29.9 Å². The first-order valence-corrected chi connectivity index (χ1v) is 6.06. The zero-order valence-electron chi connectivity index (χ0n) is 8.89. The molecule has 2 rings (SSSR count). The first kappa shape index (κ1) is 11.2. The third kappa shape index (κ3) is 2.84. The molecule has 1 aromatic rings. The molecule has 0 bridgehead atoms. The molecule has 0 unspecified atom stereocenters. The van der Waals surface area contributed by atoms with Crippen molar-refractivity contribution in [2.75, 3.05) is 17.9 Å². The summed E-state index contributed by atoms with van der Waals surface area (Å²) in [5.41, 5.74) is 7.83. The topological polar surface area (TPSA) is 62.8 Å². The minimum absolute atomic E-state index is 0.557. The Balaban J connectivity index is 2.26. The van der Waals surface area contributed by atoms with E-state index < -0.39 is 0 Å². The van der Waals surface area contributed by atoms with E-state index in [0.29, 0.717) is 19.1 Å². The Morgan fingerprint density at radius 1 is 1.31 bits per heavy atom. The lowest BCUT2D eigenvalue weighted by atomic mass is 10.2. The summed E-state index contributed by atoms with van der Waals surface area (Å²) in [6.07, 6.45) is 3.44. The number of benzene rings is 1. The van der Waals surface area contributed by atoms with E-state index in [1.54, 1.807) is 24.2 Å². The number of hydrogen-bond acceptors (Lipinski definition) is 5. The molecule has 0 radical (unpaired) electrons. The number of nitrogens with two attached hydrogens (primary N) is 1. The number of thioether (sulfide) groups is 1. The first-order valence-electron chi connectivity index (χ1n) is 5.08. The third-order valence-corrected chi connectivity index (χ3v) is 3.16. The van der Waals surface area contributed by atoms with Crippen LogP contribution in [0.5, 0.6) is 0 Å². The van der Waals surface area contributed by atoms with Crippen molar-refractivity contribution in [1.29, 1.82) is 0 Å². The highest BCUT2D eigenvalue weighted by atomic mass is 32.2. The van der Waals surface area contributed by atoms with Gasteiger partial charge in [-0.05, 0) is 17.7 Å². The predicted molar refractivity (Wildman–Crippen MR) is 70.5 cm³/mol. The van der Waals surface area contributed by atoms with Gasteiger partial charge < -0.3 is 11.1 Å². The normalized spacial score (nSPS) is 19.3. The summed E-state index contributed by atoms with van der Waals surface area (Å²) < 4.78 is 0. The van der Waals surface area contributed by atoms with E-state index in [0.717, 1.165) is 11.3 Å². The van der Waals surface area contributed by atoms with Crippen molar-refractivity contribution in [3.63, 3.8) is 0 Å². The van der Waals surface area contributed by atoms with Crippen LogP contribution in [0, 0.1) is 0 Å². The third-order valence-electron chi connectivity index (χ3n) is 2.21. The van der Waals surface area contributed by atoms with Gasteiger partial charge in [-0.3, -0.25) is 9.98 Å². The number of nitrogens with zero attached hydrogens (tertiary/aromatic N) is 2. The summed E-state index contributed by atoms with van der Waals surface area (Å²) in [6, 6.07) is 6.20. The number of hydrogen-bond donors (Lipinski definition) is 2. The predicted octanol–water partition coefficient (Wildman–Crippen LogP) is 1.72. The van der Waals surface area contributed by atoms with Gasteiger partial charge in [0.1, 0.15) is 6.67 Å². The fourth-order valence-corrected chi connectivity index (χ4v) is 2.15. The summed E-state index contributed by atoms with van der Waals surface area (Å²) in [5.74, 6) is 0.711. The highest BCUT2D eigenvalue weighted by Gasteiger charge is 2.03. The van der Waals surface area contributed by atoms with Gasteiger partial charge in [-0.25, -0.2) is 0 Å². The molecule has 4 nitrogen and oxygen atoms in total. The van der Waals surface area contributed by atoms with Crippen LogP contribution in [0.25, 0.3) is 0 Å². The Kier molecular flexibility index (Phi) is 3.96. The quantitative estimate of drug-likeness (QED) is 0.777. The molecule has 84 valence electrons. The van der Waals surface area contributed by atoms with E-state index in [1.165, 1.54) is 4.90 Å². The standard InChI is InChI=1S/C11H14N4S/c12-6-9-1-2-11-10(5-9)15-7-13-3-4-14-8-16-11/h1-5,15H,6-8,12H2/b13-3-,14-4-.